The number of nitrogens with zero attached hydrogens (tertiary/aromatic N) is 1. The number of Topliss-reactive ketones (excluding diaryl/α,β-unsaturated/α-hetero) is 1. The van der Waals surface area contributed by atoms with Crippen molar-refractivity contribution in [2.45, 2.75) is 31.9 Å². The zero-order valence-corrected chi connectivity index (χ0v) is 19.0. The van der Waals surface area contributed by atoms with Gasteiger partial charge in [0.05, 0.1) is 24.3 Å². The molecule has 0 saturated carbocycles. The highest BCUT2D eigenvalue weighted by Crippen LogP contribution is 2.42. The van der Waals surface area contributed by atoms with Crippen molar-refractivity contribution in [2.24, 2.45) is 0 Å². The summed E-state index contributed by atoms with van der Waals surface area (Å²) in [6, 6.07) is 11.5. The highest BCUT2D eigenvalue weighted by Gasteiger charge is 2.47. The minimum atomic E-state index is -0.743. The lowest BCUT2D eigenvalue weighted by atomic mass is 9.95. The molecule has 8 heteroatoms. The van der Waals surface area contributed by atoms with E-state index in [4.69, 9.17) is 18.9 Å². The second kappa shape index (κ2) is 9.38. The van der Waals surface area contributed by atoms with Gasteiger partial charge in [-0.05, 0) is 55.7 Å². The fourth-order valence-electron chi connectivity index (χ4n) is 4.68. The van der Waals surface area contributed by atoms with E-state index in [1.54, 1.807) is 30.3 Å². The van der Waals surface area contributed by atoms with Crippen LogP contribution in [0.1, 0.15) is 36.9 Å². The van der Waals surface area contributed by atoms with Gasteiger partial charge in [0.2, 0.25) is 0 Å². The predicted octanol–water partition coefficient (Wildman–Crippen LogP) is 3.46. The Balaban J connectivity index is 1.58. The molecule has 0 aliphatic carbocycles. The molecule has 3 aliphatic heterocycles. The maximum Gasteiger partial charge on any atom is 0.295 e. The van der Waals surface area contributed by atoms with Gasteiger partial charge in [0.15, 0.2) is 11.5 Å². The molecule has 2 saturated heterocycles. The van der Waals surface area contributed by atoms with Crippen molar-refractivity contribution < 1.29 is 33.6 Å². The third-order valence-corrected chi connectivity index (χ3v) is 6.29. The number of carbonyl (C=O) groups excluding carboxylic acids is 2. The van der Waals surface area contributed by atoms with Gasteiger partial charge in [0.25, 0.3) is 11.7 Å². The highest BCUT2D eigenvalue weighted by molar-refractivity contribution is 6.46. The number of rotatable bonds is 6. The van der Waals surface area contributed by atoms with Gasteiger partial charge in [0.1, 0.15) is 24.7 Å². The number of amides is 1. The van der Waals surface area contributed by atoms with Crippen LogP contribution in [-0.2, 0) is 14.3 Å². The molecule has 0 aromatic heterocycles. The topological polar surface area (TPSA) is 94.5 Å². The monoisotopic (exact) mass is 465 g/mol. The van der Waals surface area contributed by atoms with Crippen LogP contribution in [0, 0.1) is 0 Å². The van der Waals surface area contributed by atoms with E-state index in [1.165, 1.54) is 4.90 Å². The average Bonchev–Trinajstić information content (AvgIpc) is 3.46. The van der Waals surface area contributed by atoms with Crippen LogP contribution in [0.4, 0.5) is 0 Å². The van der Waals surface area contributed by atoms with Crippen LogP contribution >= 0.6 is 0 Å². The first-order valence-electron chi connectivity index (χ1n) is 11.6. The second-order valence-electron chi connectivity index (χ2n) is 8.45. The average molecular weight is 466 g/mol. The molecule has 2 atom stereocenters. The Morgan fingerprint density at radius 2 is 1.82 bits per heavy atom. The minimum Gasteiger partial charge on any atom is -0.507 e. The zero-order chi connectivity index (χ0) is 23.7. The van der Waals surface area contributed by atoms with Gasteiger partial charge in [-0.25, -0.2) is 0 Å². The number of likely N-dealkylation sites (tertiary alicyclic amines) is 1. The lowest BCUT2D eigenvalue weighted by Gasteiger charge is -2.27. The van der Waals surface area contributed by atoms with Crippen LogP contribution in [-0.4, -0.2) is 60.8 Å². The maximum atomic E-state index is 13.2. The number of hydrogen-bond acceptors (Lipinski definition) is 7. The first-order valence-corrected chi connectivity index (χ1v) is 11.6. The van der Waals surface area contributed by atoms with Crippen molar-refractivity contribution in [1.82, 2.24) is 4.90 Å². The number of benzene rings is 2. The van der Waals surface area contributed by atoms with Gasteiger partial charge < -0.3 is 29.0 Å². The molecule has 0 unspecified atom stereocenters. The van der Waals surface area contributed by atoms with E-state index in [2.05, 4.69) is 0 Å². The third kappa shape index (κ3) is 4.09. The quantitative estimate of drug-likeness (QED) is 0.397. The number of fused-ring (bicyclic) bond motifs is 1. The lowest BCUT2D eigenvalue weighted by molar-refractivity contribution is -0.140. The molecule has 2 fully saturated rings. The summed E-state index contributed by atoms with van der Waals surface area (Å²) < 4.78 is 22.5. The van der Waals surface area contributed by atoms with Gasteiger partial charge in [-0.3, -0.25) is 9.59 Å². The van der Waals surface area contributed by atoms with Crippen LogP contribution in [0.3, 0.4) is 0 Å². The highest BCUT2D eigenvalue weighted by atomic mass is 16.6. The Hall–Kier alpha value is -3.52. The molecule has 8 nitrogen and oxygen atoms in total. The van der Waals surface area contributed by atoms with Gasteiger partial charge in [-0.1, -0.05) is 12.1 Å². The van der Waals surface area contributed by atoms with Crippen LogP contribution in [0.15, 0.2) is 48.0 Å². The number of ether oxygens (including phenoxy) is 4. The Morgan fingerprint density at radius 3 is 2.53 bits per heavy atom. The Morgan fingerprint density at radius 1 is 1.06 bits per heavy atom. The third-order valence-electron chi connectivity index (χ3n) is 6.29. The van der Waals surface area contributed by atoms with E-state index in [9.17, 15) is 14.7 Å². The van der Waals surface area contributed by atoms with Crippen molar-refractivity contribution in [2.75, 3.05) is 33.0 Å². The molecule has 3 aliphatic rings. The maximum absolute atomic E-state index is 13.2. The number of aliphatic hydroxyl groups excluding tert-OH is 1. The molecule has 1 amide bonds. The van der Waals surface area contributed by atoms with E-state index in [1.807, 2.05) is 19.1 Å². The summed E-state index contributed by atoms with van der Waals surface area (Å²) in [5, 5.41) is 11.3. The molecule has 0 radical (unpaired) electrons. The summed E-state index contributed by atoms with van der Waals surface area (Å²) in [5.74, 6) is 0.141. The summed E-state index contributed by atoms with van der Waals surface area (Å²) in [7, 11) is 0. The van der Waals surface area contributed by atoms with Gasteiger partial charge >= 0.3 is 0 Å². The van der Waals surface area contributed by atoms with Crippen molar-refractivity contribution in [3.05, 3.63) is 59.2 Å². The summed E-state index contributed by atoms with van der Waals surface area (Å²) in [6.45, 7) is 4.19. The first kappa shape index (κ1) is 22.3. The summed E-state index contributed by atoms with van der Waals surface area (Å²) >= 11 is 0. The zero-order valence-electron chi connectivity index (χ0n) is 19.0. The molecule has 0 bridgehead atoms. The number of ketones is 1. The standard InChI is InChI=1S/C26H27NO7/c1-2-31-18-8-5-16(6-9-18)23-22(25(29)26(30)27(23)15-19-4-3-11-32-19)24(28)17-7-10-20-21(14-17)34-13-12-33-20/h5-10,14,19,23,28H,2-4,11-13,15H2,1H3/t19-,23+/m1/s1. The SMILES string of the molecule is CCOc1ccc([C@H]2C(=C(O)c3ccc4c(c3)OCCO4)C(=O)C(=O)N2C[C@H]2CCCO2)cc1. The predicted molar refractivity (Wildman–Crippen MR) is 123 cm³/mol. The largest absolute Gasteiger partial charge is 0.507 e. The molecule has 34 heavy (non-hydrogen) atoms. The molecular weight excluding hydrogens is 438 g/mol. The molecule has 2 aromatic carbocycles. The van der Waals surface area contributed by atoms with Crippen LogP contribution in [0.25, 0.3) is 5.76 Å². The van der Waals surface area contributed by atoms with Crippen molar-refractivity contribution in [1.29, 1.82) is 0 Å². The van der Waals surface area contributed by atoms with Gasteiger partial charge in [0, 0.05) is 18.7 Å². The van der Waals surface area contributed by atoms with E-state index in [0.717, 1.165) is 12.8 Å². The number of aliphatic hydroxyl groups is 1. The second-order valence-corrected chi connectivity index (χ2v) is 8.45. The van der Waals surface area contributed by atoms with Gasteiger partial charge in [-0.2, -0.15) is 0 Å². The van der Waals surface area contributed by atoms with E-state index in [-0.39, 0.29) is 24.0 Å². The van der Waals surface area contributed by atoms with E-state index < -0.39 is 17.7 Å². The summed E-state index contributed by atoms with van der Waals surface area (Å²) in [6.07, 6.45) is 1.60. The van der Waals surface area contributed by atoms with E-state index in [0.29, 0.717) is 54.8 Å². The van der Waals surface area contributed by atoms with Crippen molar-refractivity contribution in [3.63, 3.8) is 0 Å². The number of carbonyl (C=O) groups is 2. The molecule has 0 spiro atoms. The summed E-state index contributed by atoms with van der Waals surface area (Å²) in [5.41, 5.74) is 1.14. The van der Waals surface area contributed by atoms with Crippen LogP contribution < -0.4 is 14.2 Å². The molecular formula is C26H27NO7. The van der Waals surface area contributed by atoms with Crippen molar-refractivity contribution in [3.8, 4) is 17.2 Å². The van der Waals surface area contributed by atoms with Gasteiger partial charge in [-0.15, -0.1) is 0 Å². The summed E-state index contributed by atoms with van der Waals surface area (Å²) in [4.78, 5) is 27.9. The molecule has 5 rings (SSSR count). The van der Waals surface area contributed by atoms with Crippen LogP contribution in [0.5, 0.6) is 17.2 Å². The molecule has 3 heterocycles. The fourth-order valence-corrected chi connectivity index (χ4v) is 4.68. The smallest absolute Gasteiger partial charge is 0.295 e. The molecule has 2 aromatic rings. The Labute approximate surface area is 197 Å². The normalized spacial score (nSPS) is 23.4. The first-order chi connectivity index (χ1) is 16.6. The molecule has 178 valence electrons. The van der Waals surface area contributed by atoms with Crippen molar-refractivity contribution >= 4 is 17.4 Å². The Kier molecular flexibility index (Phi) is 6.15. The van der Waals surface area contributed by atoms with Crippen LogP contribution in [0.2, 0.25) is 0 Å². The fraction of sp³-hybridized carbons (Fsp3) is 0.385. The minimum absolute atomic E-state index is 0.0452. The Bertz CT molecular complexity index is 1120. The lowest BCUT2D eigenvalue weighted by Crippen LogP contribution is -2.36. The number of hydrogen-bond donors (Lipinski definition) is 1. The van der Waals surface area contributed by atoms with E-state index >= 15 is 0 Å². The molecule has 1 N–H and O–H groups in total.